The van der Waals surface area contributed by atoms with E-state index in [0.29, 0.717) is 30.3 Å². The van der Waals surface area contributed by atoms with E-state index in [1.165, 1.54) is 169 Å². The van der Waals surface area contributed by atoms with Gasteiger partial charge in [0.2, 0.25) is 11.6 Å². The van der Waals surface area contributed by atoms with Crippen molar-refractivity contribution < 1.29 is 38.0 Å². The van der Waals surface area contributed by atoms with Crippen LogP contribution in [0.2, 0.25) is 0 Å². The predicted molar refractivity (Wildman–Crippen MR) is 396 cm³/mol. The van der Waals surface area contributed by atoms with Crippen LogP contribution in [0.3, 0.4) is 0 Å². The molecule has 0 unspecified atom stereocenters. The van der Waals surface area contributed by atoms with Gasteiger partial charge in [0.25, 0.3) is 0 Å². The quantitative estimate of drug-likeness (QED) is 0.0256. The van der Waals surface area contributed by atoms with Crippen LogP contribution in [0, 0.1) is 82.4 Å². The maximum absolute atomic E-state index is 14.6. The Hall–Kier alpha value is -4.05. The van der Waals surface area contributed by atoms with Gasteiger partial charge in [-0.25, -0.2) is 8.78 Å². The first kappa shape index (κ1) is 74.2. The zero-order valence-electron chi connectivity index (χ0n) is 58.8. The Kier molecular flexibility index (Phi) is 29.8. The van der Waals surface area contributed by atoms with Crippen molar-refractivity contribution in [1.82, 2.24) is 0 Å². The summed E-state index contributed by atoms with van der Waals surface area (Å²) in [6.45, 7) is 10.8. The Morgan fingerprint density at radius 3 is 1.07 bits per heavy atom. The van der Waals surface area contributed by atoms with Crippen LogP contribution in [0.25, 0.3) is 0 Å². The van der Waals surface area contributed by atoms with Gasteiger partial charge in [0.15, 0.2) is 23.1 Å². The van der Waals surface area contributed by atoms with E-state index >= 15 is 0 Å². The summed E-state index contributed by atoms with van der Waals surface area (Å²) in [6.07, 6.45) is 45.6. The Labute approximate surface area is 580 Å². The van der Waals surface area contributed by atoms with E-state index in [1.807, 2.05) is 0 Å². The Balaban J connectivity index is 0.000000182. The molecular weight excluding hydrogens is 1310 g/mol. The summed E-state index contributed by atoms with van der Waals surface area (Å²) >= 11 is 3.00. The van der Waals surface area contributed by atoms with Crippen molar-refractivity contribution in [2.24, 2.45) is 59.2 Å². The molecule has 0 radical (unpaired) electrons. The van der Waals surface area contributed by atoms with Gasteiger partial charge in [-0.15, -0.1) is 0 Å². The van der Waals surface area contributed by atoms with Gasteiger partial charge in [0.1, 0.15) is 6.29 Å². The summed E-state index contributed by atoms with van der Waals surface area (Å²) in [7, 11) is 0. The fourth-order valence-electron chi connectivity index (χ4n) is 18.1. The molecule has 1 heterocycles. The van der Waals surface area contributed by atoms with Crippen molar-refractivity contribution in [3.63, 3.8) is 0 Å². The van der Waals surface area contributed by atoms with Crippen LogP contribution >= 0.6 is 26.3 Å². The van der Waals surface area contributed by atoms with Crippen molar-refractivity contribution in [2.75, 3.05) is 32.6 Å². The van der Waals surface area contributed by atoms with Crippen LogP contribution in [-0.4, -0.2) is 38.9 Å². The number of rotatable bonds is 20. The third-order valence-electron chi connectivity index (χ3n) is 23.6. The van der Waals surface area contributed by atoms with Gasteiger partial charge in [-0.2, -0.15) is 8.78 Å². The van der Waals surface area contributed by atoms with Crippen molar-refractivity contribution in [1.29, 1.82) is 0 Å². The number of aldehydes is 1. The molecule has 0 spiro atoms. The first-order valence-corrected chi connectivity index (χ1v) is 42.9. The number of benzene rings is 5. The summed E-state index contributed by atoms with van der Waals surface area (Å²) in [5, 5.41) is 4.62. The van der Waals surface area contributed by atoms with Crippen LogP contribution in [0.4, 0.5) is 17.6 Å². The molecule has 1 aliphatic heterocycles. The summed E-state index contributed by atoms with van der Waals surface area (Å²) in [6, 6.07) is 41.0. The number of allylic oxidation sites excluding steroid dienone is 2. The molecule has 6 saturated carbocycles. The van der Waals surface area contributed by atoms with Crippen LogP contribution in [0.5, 0.6) is 11.5 Å². The number of hydrogen-bond donors (Lipinski definition) is 0. The second-order valence-electron chi connectivity index (χ2n) is 29.5. The molecule has 6 aliphatic carbocycles. The molecule has 12 rings (SSSR count). The second-order valence-corrected chi connectivity index (χ2v) is 40.1. The Bertz CT molecular complexity index is 2900. The number of carbonyl (C=O) groups is 1. The zero-order valence-corrected chi connectivity index (χ0v) is 60.9. The number of ether oxygens (including phenoxy) is 3. The number of carbonyl (C=O) groups excluding carboxylic acids is 1. The fraction of sp³-hybridized carbons (Fsp3) is 0.607. The third kappa shape index (κ3) is 19.7. The minimum atomic E-state index is -2.64. The molecule has 10 heteroatoms. The molecule has 1 saturated heterocycles. The van der Waals surface area contributed by atoms with Crippen molar-refractivity contribution in [3.8, 4) is 11.5 Å². The Morgan fingerprint density at radius 2 is 0.755 bits per heavy atom. The van der Waals surface area contributed by atoms with Crippen molar-refractivity contribution in [2.45, 2.75) is 232 Å². The maximum atomic E-state index is 14.6. The van der Waals surface area contributed by atoms with Gasteiger partial charge in [-0.1, -0.05) is 56.9 Å². The molecule has 0 N–H and O–H groups in total. The minimum Gasteiger partial charge on any atom is -1.00 e. The maximum Gasteiger partial charge on any atom is 0.200 e. The molecule has 5 aromatic rings. The SMILES string of the molecule is C1CCOC1.CCCC1CCC(C2CCC(/C=C/C3CCC(c4ccc(OCC)c(F)c4F)CC3)CC2)CC1.CCCC1CCC(C2CCC(CP(I)(c3ccccc3)(c3ccccc3)c3ccccc3)CC2)CC1.CCOc1ccc(C2CCC(C=O)CC2)c(F)c1F.[3H-]. The predicted octanol–water partition coefficient (Wildman–Crippen LogP) is 23.6. The van der Waals surface area contributed by atoms with Crippen LogP contribution in [0.15, 0.2) is 127 Å². The van der Waals surface area contributed by atoms with Gasteiger partial charge in [0, 0.05) is 19.1 Å². The number of hydrogen-bond acceptors (Lipinski definition) is 4. The molecule has 7 fully saturated rings. The Morgan fingerprint density at radius 1 is 0.426 bits per heavy atom. The van der Waals surface area contributed by atoms with E-state index in [4.69, 9.17) is 14.2 Å². The van der Waals surface area contributed by atoms with E-state index in [9.17, 15) is 22.4 Å². The zero-order chi connectivity index (χ0) is 66.2. The third-order valence-corrected chi connectivity index (χ3v) is 35.1. The van der Waals surface area contributed by atoms with Gasteiger partial charge >= 0.3 is 234 Å². The van der Waals surface area contributed by atoms with E-state index in [1.54, 1.807) is 32.0 Å². The van der Waals surface area contributed by atoms with Gasteiger partial charge in [-0.3, -0.25) is 0 Å². The largest absolute Gasteiger partial charge is 1.00 e. The average Bonchev–Trinajstić information content (AvgIpc) is 0.785. The minimum absolute atomic E-state index is 0. The van der Waals surface area contributed by atoms with Crippen LogP contribution in [-0.2, 0) is 9.53 Å². The molecule has 7 aliphatic rings. The van der Waals surface area contributed by atoms with E-state index in [0.717, 1.165) is 118 Å². The van der Waals surface area contributed by atoms with Crippen molar-refractivity contribution >= 4 is 48.5 Å². The van der Waals surface area contributed by atoms with Gasteiger partial charge < -0.3 is 20.4 Å². The first-order valence-electron chi connectivity index (χ1n) is 37.7. The molecule has 0 amide bonds. The standard InChI is InChI=1S/C34H44IP.C31H46F2O.C15H18F2O2.C4H8O.H/c1-2-12-28-19-23-30(24-20-28)31-25-21-29(22-26-31)27-36(35,32-13-6-3-7-14-32,33-15-8-4-9-16-33)34-17-10-5-11-18-34;1-3-5-22-8-14-25(15-9-22)26-16-10-23(11-17-26)6-7-24-12-18-27(19-13-24)28-20-21-29(34-4-2)31(33)30(28)32;1-2-19-13-8-7-12(14(16)15(13)17)11-5-3-10(9-18)4-6-11;1-2-4-5-3-1;/h3-11,13-18,28-31H,2,12,19-27H2,1H3;6-7,20-27H,3-5,8-19H2,1-2H3;7-11H,2-6H2,1H3;1-4H2;/q;;;;-1/b;7-6+;;;/i;;;;1+2. The molecule has 5 aromatic carbocycles. The summed E-state index contributed by atoms with van der Waals surface area (Å²) in [5.41, 5.74) is 0.940. The van der Waals surface area contributed by atoms with Crippen molar-refractivity contribution in [3.05, 3.63) is 162 Å². The normalized spacial score (nSPS) is 27.8. The first-order chi connectivity index (χ1) is 45.9. The summed E-state index contributed by atoms with van der Waals surface area (Å²) < 4.78 is 69.2. The van der Waals surface area contributed by atoms with Gasteiger partial charge in [0.05, 0.1) is 13.2 Å². The monoisotopic (exact) mass is 1430 g/mol. The fourth-order valence-corrected chi connectivity index (χ4v) is 27.9. The topological polar surface area (TPSA) is 44.8 Å². The smallest absolute Gasteiger partial charge is 0.200 e. The molecule has 4 nitrogen and oxygen atoms in total. The van der Waals surface area contributed by atoms with Crippen LogP contribution < -0.4 is 25.4 Å². The average molecular weight is 1430 g/mol. The summed E-state index contributed by atoms with van der Waals surface area (Å²) in [5.74, 6) is 5.10. The van der Waals surface area contributed by atoms with E-state index in [-0.39, 0.29) is 30.7 Å². The van der Waals surface area contributed by atoms with Gasteiger partial charge in [-0.05, 0) is 181 Å². The van der Waals surface area contributed by atoms with Crippen LogP contribution in [0.1, 0.15) is 245 Å². The second kappa shape index (κ2) is 37.8. The molecule has 0 aromatic heterocycles. The summed E-state index contributed by atoms with van der Waals surface area (Å²) in [4.78, 5) is 10.7. The molecule has 94 heavy (non-hydrogen) atoms. The number of halogens is 5. The molecule has 0 bridgehead atoms. The molecular formula is C84H117F4IO4P-. The molecule has 518 valence electrons. The van der Waals surface area contributed by atoms with E-state index < -0.39 is 27.5 Å². The molecule has 0 atom stereocenters. The van der Waals surface area contributed by atoms with E-state index in [2.05, 4.69) is 139 Å².